The number of hydrogen-bond acceptors (Lipinski definition) is 1. The van der Waals surface area contributed by atoms with Crippen LogP contribution in [0.25, 0.3) is 0 Å². The summed E-state index contributed by atoms with van der Waals surface area (Å²) in [6.07, 6.45) is 15.9. The largest absolute Gasteiger partial charge is 0.393 e. The van der Waals surface area contributed by atoms with Gasteiger partial charge < -0.3 is 5.11 Å². The molecule has 1 heteroatoms. The fraction of sp³-hybridized carbons (Fsp3) is 0.933. The summed E-state index contributed by atoms with van der Waals surface area (Å²) in [6.45, 7) is 20.4. The van der Waals surface area contributed by atoms with Gasteiger partial charge in [-0.25, -0.2) is 0 Å². The highest BCUT2D eigenvalue weighted by molar-refractivity contribution is 5.33. The van der Waals surface area contributed by atoms with Crippen LogP contribution in [0.3, 0.4) is 0 Å². The summed E-state index contributed by atoms with van der Waals surface area (Å²) in [6, 6.07) is 0. The highest BCUT2D eigenvalue weighted by Gasteiger charge is 2.67. The predicted molar refractivity (Wildman–Crippen MR) is 131 cm³/mol. The van der Waals surface area contributed by atoms with E-state index >= 15 is 0 Å². The van der Waals surface area contributed by atoms with Crippen LogP contribution in [0.1, 0.15) is 120 Å². The lowest BCUT2D eigenvalue weighted by Crippen LogP contribution is -2.64. The lowest BCUT2D eigenvalue weighted by atomic mass is 9.33. The first kappa shape index (κ1) is 22.5. The molecule has 4 fully saturated rings. The first-order chi connectivity index (χ1) is 14.2. The SMILES string of the molecule is CC1(C)CC[C@]2(C)CC[C@]3(C)C(=CC[C@@H]4[C@@]5(C)CC[C@@H](O)C(C)(C)[C@@H]5CC[C@]43C)[C@H]2C1. The number of fused-ring (bicyclic) bond motifs is 7. The summed E-state index contributed by atoms with van der Waals surface area (Å²) >= 11 is 0. The Morgan fingerprint density at radius 2 is 1.45 bits per heavy atom. The summed E-state index contributed by atoms with van der Waals surface area (Å²) < 4.78 is 0. The van der Waals surface area contributed by atoms with Crippen LogP contribution in [-0.4, -0.2) is 11.2 Å². The van der Waals surface area contributed by atoms with Crippen LogP contribution in [0.2, 0.25) is 0 Å². The van der Waals surface area contributed by atoms with E-state index in [9.17, 15) is 5.11 Å². The molecule has 0 aromatic carbocycles. The Labute approximate surface area is 192 Å². The van der Waals surface area contributed by atoms with Crippen molar-refractivity contribution in [3.63, 3.8) is 0 Å². The zero-order valence-corrected chi connectivity index (χ0v) is 21.9. The Morgan fingerprint density at radius 3 is 2.16 bits per heavy atom. The van der Waals surface area contributed by atoms with Gasteiger partial charge in [-0.05, 0) is 114 Å². The molecule has 5 rings (SSSR count). The second-order valence-corrected chi connectivity index (χ2v) is 15.2. The average Bonchev–Trinajstić information content (AvgIpc) is 2.67. The van der Waals surface area contributed by atoms with Gasteiger partial charge in [0.2, 0.25) is 0 Å². The molecule has 1 N–H and O–H groups in total. The van der Waals surface area contributed by atoms with E-state index in [1.54, 1.807) is 0 Å². The van der Waals surface area contributed by atoms with Gasteiger partial charge in [-0.15, -0.1) is 0 Å². The molecule has 0 aromatic rings. The number of aliphatic hydroxyl groups excluding tert-OH is 1. The van der Waals surface area contributed by atoms with Crippen LogP contribution in [0.15, 0.2) is 11.6 Å². The van der Waals surface area contributed by atoms with Crippen molar-refractivity contribution >= 4 is 0 Å². The summed E-state index contributed by atoms with van der Waals surface area (Å²) in [5, 5.41) is 10.9. The quantitative estimate of drug-likeness (QED) is 0.387. The maximum atomic E-state index is 10.9. The number of allylic oxidation sites excluding steroid dienone is 2. The zero-order valence-electron chi connectivity index (χ0n) is 21.9. The molecule has 0 aliphatic heterocycles. The molecule has 31 heavy (non-hydrogen) atoms. The van der Waals surface area contributed by atoms with Gasteiger partial charge in [-0.1, -0.05) is 67.0 Å². The first-order valence-electron chi connectivity index (χ1n) is 13.6. The summed E-state index contributed by atoms with van der Waals surface area (Å²) in [4.78, 5) is 0. The Morgan fingerprint density at radius 1 is 0.774 bits per heavy atom. The van der Waals surface area contributed by atoms with Gasteiger partial charge in [0.15, 0.2) is 0 Å². The molecule has 1 nitrogen and oxygen atoms in total. The molecule has 0 radical (unpaired) electrons. The number of hydrogen-bond donors (Lipinski definition) is 1. The van der Waals surface area contributed by atoms with E-state index in [1.165, 1.54) is 57.8 Å². The van der Waals surface area contributed by atoms with Crippen molar-refractivity contribution in [3.8, 4) is 0 Å². The third kappa shape index (κ3) is 2.77. The van der Waals surface area contributed by atoms with Gasteiger partial charge in [0.1, 0.15) is 0 Å². The molecule has 5 aliphatic rings. The van der Waals surface area contributed by atoms with E-state index in [0.717, 1.165) is 18.3 Å². The smallest absolute Gasteiger partial charge is 0.0594 e. The fourth-order valence-corrected chi connectivity index (χ4v) is 10.5. The molecule has 0 aromatic heterocycles. The van der Waals surface area contributed by atoms with Gasteiger partial charge in [-0.3, -0.25) is 0 Å². The van der Waals surface area contributed by atoms with Gasteiger partial charge >= 0.3 is 0 Å². The molecule has 4 saturated carbocycles. The first-order valence-corrected chi connectivity index (χ1v) is 13.6. The van der Waals surface area contributed by atoms with E-state index in [0.29, 0.717) is 33.0 Å². The van der Waals surface area contributed by atoms with E-state index in [-0.39, 0.29) is 11.5 Å². The Balaban J connectivity index is 1.57. The summed E-state index contributed by atoms with van der Waals surface area (Å²) in [7, 11) is 0. The maximum absolute atomic E-state index is 10.9. The minimum atomic E-state index is -0.125. The van der Waals surface area contributed by atoms with Crippen molar-refractivity contribution < 1.29 is 5.11 Å². The highest BCUT2D eigenvalue weighted by Crippen LogP contribution is 2.75. The van der Waals surface area contributed by atoms with E-state index in [2.05, 4.69) is 61.5 Å². The van der Waals surface area contributed by atoms with Crippen LogP contribution in [0.4, 0.5) is 0 Å². The normalized spacial score (nSPS) is 55.2. The molecule has 0 bridgehead atoms. The molecule has 0 unspecified atom stereocenters. The summed E-state index contributed by atoms with van der Waals surface area (Å²) in [5.41, 5.74) is 4.09. The van der Waals surface area contributed by atoms with Gasteiger partial charge in [0, 0.05) is 0 Å². The zero-order chi connectivity index (χ0) is 22.7. The van der Waals surface area contributed by atoms with E-state index < -0.39 is 0 Å². The predicted octanol–water partition coefficient (Wildman–Crippen LogP) is 8.17. The highest BCUT2D eigenvalue weighted by atomic mass is 16.3. The van der Waals surface area contributed by atoms with Crippen LogP contribution in [0, 0.1) is 50.2 Å². The molecule has 0 spiro atoms. The molecule has 0 saturated heterocycles. The lowest BCUT2D eigenvalue weighted by molar-refractivity contribution is -0.202. The van der Waals surface area contributed by atoms with Crippen LogP contribution in [-0.2, 0) is 0 Å². The van der Waals surface area contributed by atoms with Crippen LogP contribution < -0.4 is 0 Å². The third-order valence-corrected chi connectivity index (χ3v) is 13.0. The third-order valence-electron chi connectivity index (χ3n) is 13.0. The van der Waals surface area contributed by atoms with Gasteiger partial charge in [-0.2, -0.15) is 0 Å². The second-order valence-electron chi connectivity index (χ2n) is 15.2. The monoisotopic (exact) mass is 426 g/mol. The topological polar surface area (TPSA) is 20.2 Å². The summed E-state index contributed by atoms with van der Waals surface area (Å²) in [5.74, 6) is 2.21. The number of aliphatic hydroxyl groups is 1. The molecular formula is C30H50O. The standard InChI is InChI=1S/C30H50O/c1-25(2)15-16-27(5)17-18-29(7)20(21(27)19-25)9-10-23-28(6)13-12-24(31)26(3,4)22(28)11-14-30(23,29)8/h9,21-24,31H,10-19H2,1-8H3/t21-,22+,23-,24-,27-,28+,29-,30-/m1/s1. The lowest BCUT2D eigenvalue weighted by Gasteiger charge is -2.71. The molecular weight excluding hydrogens is 376 g/mol. The van der Waals surface area contributed by atoms with Crippen molar-refractivity contribution in [1.82, 2.24) is 0 Å². The molecule has 5 aliphatic carbocycles. The minimum Gasteiger partial charge on any atom is -0.393 e. The maximum Gasteiger partial charge on any atom is 0.0594 e. The van der Waals surface area contributed by atoms with Crippen molar-refractivity contribution in [3.05, 3.63) is 11.6 Å². The second kappa shape index (κ2) is 6.43. The minimum absolute atomic E-state index is 0.0533. The van der Waals surface area contributed by atoms with Crippen LogP contribution >= 0.6 is 0 Å². The number of rotatable bonds is 0. The van der Waals surface area contributed by atoms with Gasteiger partial charge in [0.25, 0.3) is 0 Å². The fourth-order valence-electron chi connectivity index (χ4n) is 10.5. The van der Waals surface area contributed by atoms with Crippen molar-refractivity contribution in [1.29, 1.82) is 0 Å². The Kier molecular flexibility index (Phi) is 4.66. The van der Waals surface area contributed by atoms with E-state index in [4.69, 9.17) is 0 Å². The molecule has 8 atom stereocenters. The molecule has 0 amide bonds. The molecule has 0 heterocycles. The van der Waals surface area contributed by atoms with Crippen molar-refractivity contribution in [2.45, 2.75) is 126 Å². The van der Waals surface area contributed by atoms with E-state index in [1.807, 2.05) is 5.57 Å². The van der Waals surface area contributed by atoms with Crippen LogP contribution in [0.5, 0.6) is 0 Å². The Bertz CT molecular complexity index is 790. The molecule has 176 valence electrons. The van der Waals surface area contributed by atoms with Crippen molar-refractivity contribution in [2.24, 2.45) is 50.2 Å². The van der Waals surface area contributed by atoms with Crippen molar-refractivity contribution in [2.75, 3.05) is 0 Å². The average molecular weight is 427 g/mol. The van der Waals surface area contributed by atoms with Gasteiger partial charge in [0.05, 0.1) is 6.10 Å². The Hall–Kier alpha value is -0.300.